The number of nitriles is 1. The summed E-state index contributed by atoms with van der Waals surface area (Å²) in [6.07, 6.45) is 2.78. The minimum Gasteiger partial charge on any atom is -0.335 e. The highest BCUT2D eigenvalue weighted by atomic mass is 16.2. The molecule has 3 aromatic carbocycles. The second-order valence-corrected chi connectivity index (χ2v) is 8.92. The van der Waals surface area contributed by atoms with E-state index < -0.39 is 0 Å². The molecule has 0 aromatic heterocycles. The van der Waals surface area contributed by atoms with Crippen LogP contribution in [0.1, 0.15) is 29.5 Å². The van der Waals surface area contributed by atoms with Crippen LogP contribution in [0, 0.1) is 11.3 Å². The molecule has 0 radical (unpaired) electrons. The standard InChI is InChI=1S/C28H28N4O/c29-19-21-5-4-6-22(17-21)20-31-14-12-26(13-15-31)30-28(33)32-16-11-25-18-24(9-10-27(25)32)23-7-2-1-3-8-23/h1-10,17-18,26H,11-16,20H2,(H,30,33). The van der Waals surface area contributed by atoms with Crippen molar-refractivity contribution in [2.75, 3.05) is 24.5 Å². The molecule has 5 heteroatoms. The molecular weight excluding hydrogens is 408 g/mol. The maximum atomic E-state index is 13.0. The Morgan fingerprint density at radius 1 is 0.939 bits per heavy atom. The van der Waals surface area contributed by atoms with Crippen molar-refractivity contribution in [3.63, 3.8) is 0 Å². The molecule has 0 aliphatic carbocycles. The van der Waals surface area contributed by atoms with Gasteiger partial charge in [-0.25, -0.2) is 4.79 Å². The van der Waals surface area contributed by atoms with Gasteiger partial charge in [-0.3, -0.25) is 9.80 Å². The lowest BCUT2D eigenvalue weighted by atomic mass is 10.0. The van der Waals surface area contributed by atoms with E-state index in [0.29, 0.717) is 5.56 Å². The fourth-order valence-electron chi connectivity index (χ4n) is 4.91. The molecule has 2 aliphatic heterocycles. The van der Waals surface area contributed by atoms with Gasteiger partial charge in [0.1, 0.15) is 0 Å². The average molecular weight is 437 g/mol. The van der Waals surface area contributed by atoms with E-state index in [1.54, 1.807) is 0 Å². The van der Waals surface area contributed by atoms with Crippen molar-refractivity contribution in [2.24, 2.45) is 0 Å². The van der Waals surface area contributed by atoms with Crippen molar-refractivity contribution < 1.29 is 4.79 Å². The minimum absolute atomic E-state index is 0.0152. The van der Waals surface area contributed by atoms with Crippen LogP contribution in [0.3, 0.4) is 0 Å². The SMILES string of the molecule is N#Cc1cccc(CN2CCC(NC(=O)N3CCc4cc(-c5ccccc5)ccc43)CC2)c1. The van der Waals surface area contributed by atoms with Crippen molar-refractivity contribution in [2.45, 2.75) is 31.8 Å². The Morgan fingerprint density at radius 3 is 2.55 bits per heavy atom. The van der Waals surface area contributed by atoms with Crippen LogP contribution in [0.25, 0.3) is 11.1 Å². The van der Waals surface area contributed by atoms with Crippen LogP contribution in [0.15, 0.2) is 72.8 Å². The number of nitrogens with one attached hydrogen (secondary N) is 1. The summed E-state index contributed by atoms with van der Waals surface area (Å²) in [7, 11) is 0. The topological polar surface area (TPSA) is 59.4 Å². The lowest BCUT2D eigenvalue weighted by Crippen LogP contribution is -2.48. The van der Waals surface area contributed by atoms with Gasteiger partial charge < -0.3 is 5.32 Å². The highest BCUT2D eigenvalue weighted by molar-refractivity contribution is 5.95. The highest BCUT2D eigenvalue weighted by Crippen LogP contribution is 2.32. The Hall–Kier alpha value is -3.62. The van der Waals surface area contributed by atoms with Crippen molar-refractivity contribution in [3.05, 3.63) is 89.5 Å². The van der Waals surface area contributed by atoms with Crippen molar-refractivity contribution in [1.82, 2.24) is 10.2 Å². The number of hydrogen-bond donors (Lipinski definition) is 1. The van der Waals surface area contributed by atoms with Crippen LogP contribution in [0.4, 0.5) is 10.5 Å². The van der Waals surface area contributed by atoms with E-state index in [0.717, 1.165) is 51.1 Å². The summed E-state index contributed by atoms with van der Waals surface area (Å²) in [6.45, 7) is 3.46. The molecule has 0 bridgehead atoms. The molecule has 33 heavy (non-hydrogen) atoms. The fraction of sp³-hybridized carbons (Fsp3) is 0.286. The molecule has 1 N–H and O–H groups in total. The molecule has 0 spiro atoms. The van der Waals surface area contributed by atoms with Gasteiger partial charge in [0.15, 0.2) is 0 Å². The molecule has 5 rings (SSSR count). The molecule has 1 saturated heterocycles. The Bertz CT molecular complexity index is 1180. The molecule has 0 saturated carbocycles. The quantitative estimate of drug-likeness (QED) is 0.629. The number of anilines is 1. The monoisotopic (exact) mass is 436 g/mol. The van der Waals surface area contributed by atoms with Gasteiger partial charge in [0.2, 0.25) is 0 Å². The maximum Gasteiger partial charge on any atom is 0.322 e. The number of urea groups is 1. The van der Waals surface area contributed by atoms with Gasteiger partial charge in [0.05, 0.1) is 11.6 Å². The summed E-state index contributed by atoms with van der Waals surface area (Å²) >= 11 is 0. The summed E-state index contributed by atoms with van der Waals surface area (Å²) < 4.78 is 0. The number of carbonyl (C=O) groups excluding carboxylic acids is 1. The van der Waals surface area contributed by atoms with Crippen LogP contribution in [0.2, 0.25) is 0 Å². The van der Waals surface area contributed by atoms with Gasteiger partial charge in [-0.15, -0.1) is 0 Å². The van der Waals surface area contributed by atoms with Gasteiger partial charge in [-0.05, 0) is 65.8 Å². The van der Waals surface area contributed by atoms with Crippen LogP contribution in [-0.2, 0) is 13.0 Å². The van der Waals surface area contributed by atoms with Crippen LogP contribution in [-0.4, -0.2) is 36.6 Å². The zero-order chi connectivity index (χ0) is 22.6. The average Bonchev–Trinajstić information content (AvgIpc) is 3.29. The number of benzene rings is 3. The molecule has 3 aromatic rings. The first-order valence-corrected chi connectivity index (χ1v) is 11.7. The molecule has 2 aliphatic rings. The Balaban J connectivity index is 1.16. The molecule has 2 amide bonds. The zero-order valence-electron chi connectivity index (χ0n) is 18.7. The second kappa shape index (κ2) is 9.48. The Kier molecular flexibility index (Phi) is 6.10. The minimum atomic E-state index is 0.0152. The third-order valence-electron chi connectivity index (χ3n) is 6.70. The van der Waals surface area contributed by atoms with E-state index in [-0.39, 0.29) is 12.1 Å². The van der Waals surface area contributed by atoms with E-state index in [1.807, 2.05) is 29.2 Å². The first-order chi connectivity index (χ1) is 16.2. The Morgan fingerprint density at radius 2 is 1.76 bits per heavy atom. The number of piperidine rings is 1. The normalized spacial score (nSPS) is 16.3. The van der Waals surface area contributed by atoms with Gasteiger partial charge in [-0.2, -0.15) is 5.26 Å². The molecular formula is C28H28N4O. The maximum absolute atomic E-state index is 13.0. The van der Waals surface area contributed by atoms with Crippen molar-refractivity contribution >= 4 is 11.7 Å². The number of amides is 2. The van der Waals surface area contributed by atoms with E-state index in [4.69, 9.17) is 5.26 Å². The van der Waals surface area contributed by atoms with E-state index >= 15 is 0 Å². The van der Waals surface area contributed by atoms with Crippen molar-refractivity contribution in [3.8, 4) is 17.2 Å². The van der Waals surface area contributed by atoms with Gasteiger partial charge in [0.25, 0.3) is 0 Å². The summed E-state index contributed by atoms with van der Waals surface area (Å²) in [5, 5.41) is 12.4. The van der Waals surface area contributed by atoms with Gasteiger partial charge >= 0.3 is 6.03 Å². The number of nitrogens with zero attached hydrogens (tertiary/aromatic N) is 3. The lowest BCUT2D eigenvalue weighted by Gasteiger charge is -2.33. The summed E-state index contributed by atoms with van der Waals surface area (Å²) in [5.74, 6) is 0. The van der Waals surface area contributed by atoms with E-state index in [1.165, 1.54) is 22.3 Å². The van der Waals surface area contributed by atoms with Crippen LogP contribution >= 0.6 is 0 Å². The molecule has 5 nitrogen and oxygen atoms in total. The molecule has 166 valence electrons. The second-order valence-electron chi connectivity index (χ2n) is 8.92. The number of likely N-dealkylation sites (tertiary alicyclic amines) is 1. The number of hydrogen-bond acceptors (Lipinski definition) is 3. The summed E-state index contributed by atoms with van der Waals surface area (Å²) in [4.78, 5) is 17.3. The number of fused-ring (bicyclic) bond motifs is 1. The largest absolute Gasteiger partial charge is 0.335 e. The van der Waals surface area contributed by atoms with Gasteiger partial charge in [-0.1, -0.05) is 48.5 Å². The first-order valence-electron chi connectivity index (χ1n) is 11.7. The van der Waals surface area contributed by atoms with Crippen LogP contribution in [0.5, 0.6) is 0 Å². The predicted molar refractivity (Wildman–Crippen MR) is 131 cm³/mol. The van der Waals surface area contributed by atoms with Gasteiger partial charge in [0, 0.05) is 37.9 Å². The third kappa shape index (κ3) is 4.76. The smallest absolute Gasteiger partial charge is 0.322 e. The summed E-state index contributed by atoms with van der Waals surface area (Å²) in [6, 6.07) is 27.0. The molecule has 2 heterocycles. The van der Waals surface area contributed by atoms with E-state index in [2.05, 4.69) is 64.8 Å². The number of carbonyl (C=O) groups is 1. The van der Waals surface area contributed by atoms with Crippen LogP contribution < -0.4 is 10.2 Å². The Labute approximate surface area is 195 Å². The van der Waals surface area contributed by atoms with Crippen molar-refractivity contribution in [1.29, 1.82) is 5.26 Å². The zero-order valence-corrected chi connectivity index (χ0v) is 18.7. The first kappa shape index (κ1) is 21.2. The lowest BCUT2D eigenvalue weighted by molar-refractivity contribution is 0.188. The predicted octanol–water partition coefficient (Wildman–Crippen LogP) is 4.96. The van der Waals surface area contributed by atoms with E-state index in [9.17, 15) is 4.79 Å². The molecule has 0 atom stereocenters. The third-order valence-corrected chi connectivity index (χ3v) is 6.70. The molecule has 1 fully saturated rings. The number of rotatable bonds is 4. The highest BCUT2D eigenvalue weighted by Gasteiger charge is 2.28. The molecule has 0 unspecified atom stereocenters. The summed E-state index contributed by atoms with van der Waals surface area (Å²) in [5.41, 5.74) is 6.54. The fourth-order valence-corrected chi connectivity index (χ4v) is 4.91.